The van der Waals surface area contributed by atoms with Crippen molar-refractivity contribution in [3.63, 3.8) is 0 Å². The van der Waals surface area contributed by atoms with E-state index in [9.17, 15) is 0 Å². The number of halogens is 1. The first-order chi connectivity index (χ1) is 7.78. The summed E-state index contributed by atoms with van der Waals surface area (Å²) in [5.41, 5.74) is 1.24. The molecule has 1 fully saturated rings. The highest BCUT2D eigenvalue weighted by Crippen LogP contribution is 2.12. The summed E-state index contributed by atoms with van der Waals surface area (Å²) in [7, 11) is 0. The minimum atomic E-state index is -0.0542. The lowest BCUT2D eigenvalue weighted by Crippen LogP contribution is -2.48. The number of morpholine rings is 1. The Morgan fingerprint density at radius 3 is 2.69 bits per heavy atom. The van der Waals surface area contributed by atoms with Gasteiger partial charge in [-0.25, -0.2) is 0 Å². The van der Waals surface area contributed by atoms with Crippen molar-refractivity contribution in [2.45, 2.75) is 18.6 Å². The molecule has 2 N–H and O–H groups in total. The summed E-state index contributed by atoms with van der Waals surface area (Å²) in [6.07, 6.45) is 0.872. The summed E-state index contributed by atoms with van der Waals surface area (Å²) in [5, 5.41) is 13.0. The van der Waals surface area contributed by atoms with E-state index in [1.165, 1.54) is 5.56 Å². The molecule has 0 aromatic heterocycles. The van der Waals surface area contributed by atoms with Crippen LogP contribution in [0.2, 0.25) is 5.02 Å². The fourth-order valence-corrected chi connectivity index (χ4v) is 1.95. The van der Waals surface area contributed by atoms with E-state index in [0.717, 1.165) is 18.0 Å². The number of hydrogen-bond donors (Lipinski definition) is 2. The SMILES string of the molecule is OCC1CNC(Cc2ccc(Cl)cc2)CO1. The molecular weight excluding hydrogens is 226 g/mol. The smallest absolute Gasteiger partial charge is 0.0930 e. The third-order valence-electron chi connectivity index (χ3n) is 2.77. The van der Waals surface area contributed by atoms with Gasteiger partial charge in [0, 0.05) is 17.6 Å². The highest BCUT2D eigenvalue weighted by molar-refractivity contribution is 6.30. The highest BCUT2D eigenvalue weighted by Gasteiger charge is 2.20. The van der Waals surface area contributed by atoms with Crippen LogP contribution in [0.25, 0.3) is 0 Å². The van der Waals surface area contributed by atoms with Gasteiger partial charge in [0.1, 0.15) is 0 Å². The van der Waals surface area contributed by atoms with Gasteiger partial charge in [0.2, 0.25) is 0 Å². The number of benzene rings is 1. The van der Waals surface area contributed by atoms with Gasteiger partial charge in [0.15, 0.2) is 0 Å². The second kappa shape index (κ2) is 5.64. The summed E-state index contributed by atoms with van der Waals surface area (Å²) >= 11 is 5.82. The number of ether oxygens (including phenoxy) is 1. The van der Waals surface area contributed by atoms with Crippen LogP contribution in [0.3, 0.4) is 0 Å². The lowest BCUT2D eigenvalue weighted by Gasteiger charge is -2.29. The Bertz CT molecular complexity index is 320. The summed E-state index contributed by atoms with van der Waals surface area (Å²) in [6.45, 7) is 1.45. The van der Waals surface area contributed by atoms with Crippen molar-refractivity contribution < 1.29 is 9.84 Å². The lowest BCUT2D eigenvalue weighted by atomic mass is 10.1. The van der Waals surface area contributed by atoms with Crippen molar-refractivity contribution in [2.24, 2.45) is 0 Å². The average Bonchev–Trinajstić information content (AvgIpc) is 2.33. The van der Waals surface area contributed by atoms with E-state index < -0.39 is 0 Å². The van der Waals surface area contributed by atoms with Crippen molar-refractivity contribution in [1.82, 2.24) is 5.32 Å². The molecule has 0 spiro atoms. The van der Waals surface area contributed by atoms with Gasteiger partial charge in [-0.3, -0.25) is 0 Å². The summed E-state index contributed by atoms with van der Waals surface area (Å²) in [4.78, 5) is 0. The number of aliphatic hydroxyl groups is 1. The lowest BCUT2D eigenvalue weighted by molar-refractivity contribution is -0.0252. The average molecular weight is 242 g/mol. The molecule has 1 saturated heterocycles. The predicted octanol–water partition coefficient (Wildman–Crippen LogP) is 1.23. The van der Waals surface area contributed by atoms with E-state index in [1.54, 1.807) is 0 Å². The topological polar surface area (TPSA) is 41.5 Å². The van der Waals surface area contributed by atoms with E-state index in [-0.39, 0.29) is 12.7 Å². The minimum absolute atomic E-state index is 0.0542. The van der Waals surface area contributed by atoms with Crippen LogP contribution in [0.5, 0.6) is 0 Å². The Hall–Kier alpha value is -0.610. The van der Waals surface area contributed by atoms with Crippen LogP contribution in [0.15, 0.2) is 24.3 Å². The van der Waals surface area contributed by atoms with Crippen LogP contribution in [0.1, 0.15) is 5.56 Å². The van der Waals surface area contributed by atoms with Crippen molar-refractivity contribution in [1.29, 1.82) is 0 Å². The van der Waals surface area contributed by atoms with Gasteiger partial charge < -0.3 is 15.2 Å². The van der Waals surface area contributed by atoms with Crippen LogP contribution in [0.4, 0.5) is 0 Å². The van der Waals surface area contributed by atoms with Gasteiger partial charge in [-0.05, 0) is 24.1 Å². The van der Waals surface area contributed by atoms with Gasteiger partial charge in [-0.15, -0.1) is 0 Å². The van der Waals surface area contributed by atoms with Gasteiger partial charge >= 0.3 is 0 Å². The zero-order valence-corrected chi connectivity index (χ0v) is 9.78. The molecule has 0 saturated carbocycles. The fraction of sp³-hybridized carbons (Fsp3) is 0.500. The van der Waals surface area contributed by atoms with Crippen molar-refractivity contribution in [2.75, 3.05) is 19.8 Å². The standard InChI is InChI=1S/C12H16ClNO2/c13-10-3-1-9(2-4-10)5-11-8-16-12(7-15)6-14-11/h1-4,11-12,14-15H,5-8H2. The molecule has 0 amide bonds. The fourth-order valence-electron chi connectivity index (χ4n) is 1.82. The molecule has 16 heavy (non-hydrogen) atoms. The van der Waals surface area contributed by atoms with Crippen LogP contribution in [-0.2, 0) is 11.2 Å². The Balaban J connectivity index is 1.84. The monoisotopic (exact) mass is 241 g/mol. The molecular formula is C12H16ClNO2. The molecule has 1 heterocycles. The second-order valence-corrected chi connectivity index (χ2v) is 4.51. The molecule has 1 aromatic carbocycles. The number of nitrogens with one attached hydrogen (secondary N) is 1. The first-order valence-corrected chi connectivity index (χ1v) is 5.86. The quantitative estimate of drug-likeness (QED) is 0.837. The van der Waals surface area contributed by atoms with Crippen LogP contribution in [-0.4, -0.2) is 37.0 Å². The Morgan fingerprint density at radius 2 is 2.12 bits per heavy atom. The molecule has 0 radical (unpaired) electrons. The van der Waals surface area contributed by atoms with Crippen molar-refractivity contribution >= 4 is 11.6 Å². The Morgan fingerprint density at radius 1 is 1.38 bits per heavy atom. The Labute approximate surface area is 100 Å². The van der Waals surface area contributed by atoms with E-state index in [0.29, 0.717) is 12.6 Å². The number of rotatable bonds is 3. The normalized spacial score (nSPS) is 25.6. The molecule has 1 aliphatic heterocycles. The number of hydrogen-bond acceptors (Lipinski definition) is 3. The largest absolute Gasteiger partial charge is 0.394 e. The molecule has 0 bridgehead atoms. The third kappa shape index (κ3) is 3.19. The first kappa shape index (κ1) is 11.9. The van der Waals surface area contributed by atoms with Gasteiger partial charge in [0.25, 0.3) is 0 Å². The summed E-state index contributed by atoms with van der Waals surface area (Å²) < 4.78 is 5.50. The third-order valence-corrected chi connectivity index (χ3v) is 3.02. The minimum Gasteiger partial charge on any atom is -0.394 e. The van der Waals surface area contributed by atoms with Gasteiger partial charge in [-0.1, -0.05) is 23.7 Å². The van der Waals surface area contributed by atoms with E-state index in [2.05, 4.69) is 5.32 Å². The van der Waals surface area contributed by atoms with Gasteiger partial charge in [0.05, 0.1) is 19.3 Å². The van der Waals surface area contributed by atoms with Gasteiger partial charge in [-0.2, -0.15) is 0 Å². The summed E-state index contributed by atoms with van der Waals surface area (Å²) in [5.74, 6) is 0. The maximum atomic E-state index is 8.92. The maximum Gasteiger partial charge on any atom is 0.0930 e. The van der Waals surface area contributed by atoms with E-state index in [4.69, 9.17) is 21.4 Å². The van der Waals surface area contributed by atoms with Crippen molar-refractivity contribution in [3.05, 3.63) is 34.9 Å². The maximum absolute atomic E-state index is 8.92. The van der Waals surface area contributed by atoms with Crippen molar-refractivity contribution in [3.8, 4) is 0 Å². The molecule has 88 valence electrons. The molecule has 1 aliphatic rings. The predicted molar refractivity (Wildman–Crippen MR) is 63.8 cm³/mol. The highest BCUT2D eigenvalue weighted by atomic mass is 35.5. The molecule has 0 aliphatic carbocycles. The van der Waals surface area contributed by atoms with Crippen LogP contribution < -0.4 is 5.32 Å². The second-order valence-electron chi connectivity index (χ2n) is 4.07. The molecule has 2 unspecified atom stereocenters. The first-order valence-electron chi connectivity index (χ1n) is 5.48. The van der Waals surface area contributed by atoms with Crippen LogP contribution >= 0.6 is 11.6 Å². The summed E-state index contributed by atoms with van der Waals surface area (Å²) in [6, 6.07) is 8.18. The molecule has 3 nitrogen and oxygen atoms in total. The molecule has 4 heteroatoms. The zero-order chi connectivity index (χ0) is 11.4. The van der Waals surface area contributed by atoms with E-state index in [1.807, 2.05) is 24.3 Å². The zero-order valence-electron chi connectivity index (χ0n) is 9.03. The number of aliphatic hydroxyl groups excluding tert-OH is 1. The van der Waals surface area contributed by atoms with E-state index >= 15 is 0 Å². The molecule has 2 atom stereocenters. The molecule has 1 aromatic rings. The van der Waals surface area contributed by atoms with Crippen LogP contribution in [0, 0.1) is 0 Å². The Kier molecular flexibility index (Phi) is 4.18. The molecule has 2 rings (SSSR count).